The lowest BCUT2D eigenvalue weighted by Crippen LogP contribution is -3.11. The SMILES string of the molecule is CCOc1ccc(C2/C(=C(\[O-])c3ccccc3)C(=O)C(=O)N2CCC[NH+](CC)CC)cc1OC. The molecule has 182 valence electrons. The monoisotopic (exact) mass is 466 g/mol. The molecule has 0 bridgehead atoms. The third-order valence-corrected chi connectivity index (χ3v) is 6.30. The second kappa shape index (κ2) is 11.7. The Bertz CT molecular complexity index is 1030. The summed E-state index contributed by atoms with van der Waals surface area (Å²) < 4.78 is 11.1. The standard InChI is InChI=1S/C27H34N2O5/c1-5-28(6-2)16-11-17-29-24(20-14-15-21(34-7-3)22(18-20)33-4)23(26(31)27(29)32)25(30)19-12-9-8-10-13-19/h8-10,12-15,18,24,30H,5-7,11,16-17H2,1-4H3/b25-23+. The number of ketones is 1. The minimum atomic E-state index is -0.774. The van der Waals surface area contributed by atoms with Crippen LogP contribution in [0.3, 0.4) is 0 Å². The summed E-state index contributed by atoms with van der Waals surface area (Å²) >= 11 is 0. The normalized spacial score (nSPS) is 17.4. The average molecular weight is 467 g/mol. The lowest BCUT2D eigenvalue weighted by Gasteiger charge is -2.28. The predicted molar refractivity (Wildman–Crippen MR) is 129 cm³/mol. The van der Waals surface area contributed by atoms with Crippen molar-refractivity contribution in [3.8, 4) is 11.5 Å². The van der Waals surface area contributed by atoms with Crippen LogP contribution in [-0.2, 0) is 9.59 Å². The minimum Gasteiger partial charge on any atom is -0.872 e. The van der Waals surface area contributed by atoms with Gasteiger partial charge in [0.1, 0.15) is 0 Å². The summed E-state index contributed by atoms with van der Waals surface area (Å²) in [5.41, 5.74) is 1.02. The molecule has 2 aromatic rings. The zero-order valence-corrected chi connectivity index (χ0v) is 20.4. The van der Waals surface area contributed by atoms with Gasteiger partial charge in [0.15, 0.2) is 11.5 Å². The van der Waals surface area contributed by atoms with E-state index in [1.807, 2.05) is 6.92 Å². The Kier molecular flexibility index (Phi) is 8.71. The summed E-state index contributed by atoms with van der Waals surface area (Å²) in [7, 11) is 1.54. The number of Topliss-reactive ketones (excluding diaryl/α,β-unsaturated/α-hetero) is 1. The highest BCUT2D eigenvalue weighted by atomic mass is 16.5. The second-order valence-electron chi connectivity index (χ2n) is 8.24. The first-order valence-electron chi connectivity index (χ1n) is 11.9. The van der Waals surface area contributed by atoms with Crippen molar-refractivity contribution < 1.29 is 29.1 Å². The number of methoxy groups -OCH3 is 1. The molecule has 0 aromatic heterocycles. The first-order valence-corrected chi connectivity index (χ1v) is 11.9. The molecule has 0 aliphatic carbocycles. The first-order chi connectivity index (χ1) is 16.5. The molecular formula is C27H34N2O5. The van der Waals surface area contributed by atoms with Gasteiger partial charge >= 0.3 is 0 Å². The number of amides is 1. The van der Waals surface area contributed by atoms with E-state index in [0.717, 1.165) is 26.1 Å². The van der Waals surface area contributed by atoms with E-state index in [1.165, 1.54) is 16.9 Å². The number of hydrogen-bond donors (Lipinski definition) is 1. The maximum absolute atomic E-state index is 13.4. The van der Waals surface area contributed by atoms with Gasteiger partial charge in [-0.1, -0.05) is 42.2 Å². The maximum Gasteiger partial charge on any atom is 0.295 e. The van der Waals surface area contributed by atoms with Gasteiger partial charge in [-0.05, 0) is 44.0 Å². The van der Waals surface area contributed by atoms with Gasteiger partial charge in [0.25, 0.3) is 5.91 Å². The molecule has 1 N–H and O–H groups in total. The summed E-state index contributed by atoms with van der Waals surface area (Å²) in [5, 5.41) is 13.4. The molecule has 34 heavy (non-hydrogen) atoms. The van der Waals surface area contributed by atoms with Gasteiger partial charge in [0, 0.05) is 18.5 Å². The lowest BCUT2D eigenvalue weighted by molar-refractivity contribution is -0.896. The van der Waals surface area contributed by atoms with Crippen LogP contribution < -0.4 is 19.5 Å². The number of hydrogen-bond acceptors (Lipinski definition) is 5. The van der Waals surface area contributed by atoms with Gasteiger partial charge in [-0.3, -0.25) is 9.59 Å². The Morgan fingerprint density at radius 3 is 2.35 bits per heavy atom. The molecule has 0 saturated carbocycles. The molecule has 1 saturated heterocycles. The molecule has 0 spiro atoms. The fourth-order valence-corrected chi connectivity index (χ4v) is 4.42. The highest BCUT2D eigenvalue weighted by molar-refractivity contribution is 6.46. The minimum absolute atomic E-state index is 0.0161. The molecule has 3 rings (SSSR count). The number of nitrogens with zero attached hydrogens (tertiary/aromatic N) is 1. The average Bonchev–Trinajstić information content (AvgIpc) is 3.12. The molecule has 7 heteroatoms. The fourth-order valence-electron chi connectivity index (χ4n) is 4.42. The van der Waals surface area contributed by atoms with Gasteiger partial charge in [-0.25, -0.2) is 0 Å². The third-order valence-electron chi connectivity index (χ3n) is 6.30. The smallest absolute Gasteiger partial charge is 0.295 e. The van der Waals surface area contributed by atoms with E-state index >= 15 is 0 Å². The van der Waals surface area contributed by atoms with E-state index in [1.54, 1.807) is 48.5 Å². The van der Waals surface area contributed by atoms with E-state index in [-0.39, 0.29) is 5.57 Å². The number of ether oxygens (including phenoxy) is 2. The van der Waals surface area contributed by atoms with Crippen molar-refractivity contribution in [1.82, 2.24) is 4.90 Å². The highest BCUT2D eigenvalue weighted by Gasteiger charge is 2.44. The van der Waals surface area contributed by atoms with Crippen molar-refractivity contribution in [1.29, 1.82) is 0 Å². The van der Waals surface area contributed by atoms with Gasteiger partial charge in [0.2, 0.25) is 5.78 Å². The number of benzene rings is 2. The van der Waals surface area contributed by atoms with Crippen molar-refractivity contribution >= 4 is 17.4 Å². The van der Waals surface area contributed by atoms with Crippen LogP contribution in [0.5, 0.6) is 11.5 Å². The van der Waals surface area contributed by atoms with Crippen molar-refractivity contribution in [3.63, 3.8) is 0 Å². The van der Waals surface area contributed by atoms with Crippen LogP contribution in [0.25, 0.3) is 5.76 Å². The lowest BCUT2D eigenvalue weighted by atomic mass is 9.95. The van der Waals surface area contributed by atoms with Crippen LogP contribution in [0.15, 0.2) is 54.1 Å². The number of carbonyl (C=O) groups excluding carboxylic acids is 2. The molecule has 1 atom stereocenters. The molecule has 0 radical (unpaired) electrons. The Morgan fingerprint density at radius 1 is 1.03 bits per heavy atom. The van der Waals surface area contributed by atoms with E-state index in [2.05, 4.69) is 13.8 Å². The molecule has 2 aromatic carbocycles. The van der Waals surface area contributed by atoms with Crippen LogP contribution in [0, 0.1) is 0 Å². The molecule has 1 amide bonds. The van der Waals surface area contributed by atoms with Crippen LogP contribution >= 0.6 is 0 Å². The number of carbonyl (C=O) groups is 2. The summed E-state index contributed by atoms with van der Waals surface area (Å²) in [6, 6.07) is 13.2. The zero-order chi connectivity index (χ0) is 24.7. The second-order valence-corrected chi connectivity index (χ2v) is 8.24. The topological polar surface area (TPSA) is 83.3 Å². The fraction of sp³-hybridized carbons (Fsp3) is 0.407. The van der Waals surface area contributed by atoms with Crippen molar-refractivity contribution in [3.05, 3.63) is 65.2 Å². The zero-order valence-electron chi connectivity index (χ0n) is 20.4. The van der Waals surface area contributed by atoms with Crippen LogP contribution in [-0.4, -0.2) is 56.5 Å². The van der Waals surface area contributed by atoms with Gasteiger partial charge in [0.05, 0.1) is 39.4 Å². The van der Waals surface area contributed by atoms with Gasteiger partial charge < -0.3 is 24.4 Å². The summed E-state index contributed by atoms with van der Waals surface area (Å²) in [5.74, 6) is -0.732. The molecule has 1 fully saturated rings. The molecule has 1 unspecified atom stereocenters. The number of quaternary nitrogens is 1. The highest BCUT2D eigenvalue weighted by Crippen LogP contribution is 2.41. The third kappa shape index (κ3) is 5.25. The molecule has 1 aliphatic heterocycles. The summed E-state index contributed by atoms with van der Waals surface area (Å²) in [4.78, 5) is 29.2. The molecule has 1 heterocycles. The Hall–Kier alpha value is -3.32. The number of rotatable bonds is 11. The van der Waals surface area contributed by atoms with Crippen molar-refractivity contribution in [2.45, 2.75) is 33.2 Å². The summed E-state index contributed by atoms with van der Waals surface area (Å²) in [6.45, 7) is 9.86. The quantitative estimate of drug-likeness (QED) is 0.309. The van der Waals surface area contributed by atoms with Crippen molar-refractivity contribution in [2.75, 3.05) is 39.9 Å². The van der Waals surface area contributed by atoms with E-state index < -0.39 is 23.5 Å². The van der Waals surface area contributed by atoms with Crippen LogP contribution in [0.2, 0.25) is 0 Å². The molecule has 1 aliphatic rings. The van der Waals surface area contributed by atoms with E-state index in [4.69, 9.17) is 9.47 Å². The van der Waals surface area contributed by atoms with E-state index in [0.29, 0.717) is 35.8 Å². The van der Waals surface area contributed by atoms with Crippen LogP contribution in [0.4, 0.5) is 0 Å². The predicted octanol–water partition coefficient (Wildman–Crippen LogP) is 1.63. The van der Waals surface area contributed by atoms with E-state index in [9.17, 15) is 14.7 Å². The van der Waals surface area contributed by atoms with Crippen LogP contribution in [0.1, 0.15) is 44.4 Å². The largest absolute Gasteiger partial charge is 0.872 e. The van der Waals surface area contributed by atoms with Gasteiger partial charge in [-0.15, -0.1) is 0 Å². The number of likely N-dealkylation sites (tertiary alicyclic amines) is 1. The Morgan fingerprint density at radius 2 is 1.74 bits per heavy atom. The summed E-state index contributed by atoms with van der Waals surface area (Å²) in [6.07, 6.45) is 0.730. The Labute approximate surface area is 201 Å². The van der Waals surface area contributed by atoms with Gasteiger partial charge in [-0.2, -0.15) is 0 Å². The molecule has 7 nitrogen and oxygen atoms in total. The molecular weight excluding hydrogens is 432 g/mol. The Balaban J connectivity index is 2.07. The first kappa shape index (κ1) is 25.3. The maximum atomic E-state index is 13.4. The van der Waals surface area contributed by atoms with Crippen molar-refractivity contribution in [2.24, 2.45) is 0 Å². The number of nitrogens with one attached hydrogen (secondary N) is 1.